The Hall–Kier alpha value is -3.62. The summed E-state index contributed by atoms with van der Waals surface area (Å²) < 4.78 is 1.39. The molecule has 4 aromatic rings. The average molecular weight is 441 g/mol. The van der Waals surface area contributed by atoms with Crippen molar-refractivity contribution in [3.05, 3.63) is 76.3 Å². The van der Waals surface area contributed by atoms with E-state index in [-0.39, 0.29) is 32.8 Å². The third-order valence-electron chi connectivity index (χ3n) is 4.37. The van der Waals surface area contributed by atoms with Gasteiger partial charge in [-0.25, -0.2) is 9.97 Å². The number of anilines is 2. The van der Waals surface area contributed by atoms with Gasteiger partial charge in [0.05, 0.1) is 21.4 Å². The van der Waals surface area contributed by atoms with E-state index in [9.17, 15) is 9.59 Å². The second-order valence-electron chi connectivity index (χ2n) is 6.35. The van der Waals surface area contributed by atoms with Crippen molar-refractivity contribution in [1.82, 2.24) is 14.4 Å². The van der Waals surface area contributed by atoms with E-state index in [0.29, 0.717) is 11.4 Å². The van der Waals surface area contributed by atoms with Crippen molar-refractivity contribution in [3.8, 4) is 11.3 Å². The Bertz CT molecular complexity index is 1280. The molecular weight excluding hydrogens is 427 g/mol. The van der Waals surface area contributed by atoms with Crippen LogP contribution < -0.4 is 16.8 Å². The Labute approximate surface area is 180 Å². The number of carbonyl (C=O) groups is 2. The number of benzene rings is 2. The van der Waals surface area contributed by atoms with E-state index in [1.54, 1.807) is 6.07 Å². The summed E-state index contributed by atoms with van der Waals surface area (Å²) in [4.78, 5) is 33.3. The van der Waals surface area contributed by atoms with Crippen LogP contribution in [0.1, 0.15) is 21.0 Å². The number of carbonyl (C=O) groups excluding carboxylic acids is 2. The first-order valence-corrected chi connectivity index (χ1v) is 9.40. The molecule has 0 aliphatic carbocycles. The lowest BCUT2D eigenvalue weighted by atomic mass is 10.1. The standard InChI is InChI=1S/C20H14Cl2N6O2/c21-12-6-11(7-13(22)16(12)23)26-20(30)15-8-14(10-4-2-1-3-5-10)27-19-17(18(24)29)25-9-28(15)19/h1-9H,23H2,(H2,24,29)(H,26,30). The van der Waals surface area contributed by atoms with Crippen LogP contribution in [0.15, 0.2) is 54.9 Å². The number of hydrogen-bond acceptors (Lipinski definition) is 5. The van der Waals surface area contributed by atoms with E-state index < -0.39 is 11.8 Å². The van der Waals surface area contributed by atoms with Gasteiger partial charge in [0, 0.05) is 11.3 Å². The SMILES string of the molecule is NC(=O)c1ncn2c(C(=O)Nc3cc(Cl)c(N)c(Cl)c3)cc(-c3ccccc3)nc12. The summed E-state index contributed by atoms with van der Waals surface area (Å²) in [6.45, 7) is 0. The Morgan fingerprint density at radius 1 is 1.03 bits per heavy atom. The number of nitrogens with two attached hydrogens (primary N) is 2. The van der Waals surface area contributed by atoms with Crippen LogP contribution >= 0.6 is 23.2 Å². The molecule has 0 saturated heterocycles. The van der Waals surface area contributed by atoms with Gasteiger partial charge < -0.3 is 16.8 Å². The first-order chi connectivity index (χ1) is 14.3. The van der Waals surface area contributed by atoms with Gasteiger partial charge >= 0.3 is 0 Å². The number of nitrogen functional groups attached to an aromatic ring is 1. The predicted octanol–water partition coefficient (Wildman–Crippen LogP) is 3.64. The summed E-state index contributed by atoms with van der Waals surface area (Å²) in [6, 6.07) is 13.8. The molecule has 2 aromatic carbocycles. The lowest BCUT2D eigenvalue weighted by Crippen LogP contribution is -2.18. The zero-order valence-electron chi connectivity index (χ0n) is 15.3. The van der Waals surface area contributed by atoms with Gasteiger partial charge in [-0.15, -0.1) is 0 Å². The van der Waals surface area contributed by atoms with Gasteiger partial charge in [0.25, 0.3) is 11.8 Å². The van der Waals surface area contributed by atoms with Crippen LogP contribution in [-0.4, -0.2) is 26.2 Å². The van der Waals surface area contributed by atoms with E-state index in [4.69, 9.17) is 34.7 Å². The van der Waals surface area contributed by atoms with Crippen LogP contribution in [0.4, 0.5) is 11.4 Å². The fraction of sp³-hybridized carbons (Fsp3) is 0. The highest BCUT2D eigenvalue weighted by atomic mass is 35.5. The first-order valence-electron chi connectivity index (χ1n) is 8.64. The summed E-state index contributed by atoms with van der Waals surface area (Å²) in [5.41, 5.74) is 13.3. The van der Waals surface area contributed by atoms with Crippen molar-refractivity contribution in [1.29, 1.82) is 0 Å². The lowest BCUT2D eigenvalue weighted by molar-refractivity contribution is 0.0993. The molecule has 2 amide bonds. The quantitative estimate of drug-likeness (QED) is 0.417. The van der Waals surface area contributed by atoms with Crippen molar-refractivity contribution in [2.24, 2.45) is 5.73 Å². The summed E-state index contributed by atoms with van der Waals surface area (Å²) >= 11 is 12.1. The Morgan fingerprint density at radius 3 is 2.33 bits per heavy atom. The third kappa shape index (κ3) is 3.54. The largest absolute Gasteiger partial charge is 0.396 e. The van der Waals surface area contributed by atoms with Crippen LogP contribution in [0, 0.1) is 0 Å². The number of nitrogens with one attached hydrogen (secondary N) is 1. The van der Waals surface area contributed by atoms with Gasteiger partial charge in [0.2, 0.25) is 0 Å². The van der Waals surface area contributed by atoms with Crippen molar-refractivity contribution in [2.45, 2.75) is 0 Å². The molecule has 8 nitrogen and oxygen atoms in total. The summed E-state index contributed by atoms with van der Waals surface area (Å²) in [5.74, 6) is -1.25. The molecule has 0 aliphatic heterocycles. The molecule has 2 aromatic heterocycles. The molecule has 150 valence electrons. The second-order valence-corrected chi connectivity index (χ2v) is 7.17. The molecule has 30 heavy (non-hydrogen) atoms. The van der Waals surface area contributed by atoms with E-state index in [1.165, 1.54) is 22.9 Å². The molecular formula is C20H14Cl2N6O2. The molecule has 0 saturated carbocycles. The molecule has 0 spiro atoms. The molecule has 2 heterocycles. The summed E-state index contributed by atoms with van der Waals surface area (Å²) in [7, 11) is 0. The Kier molecular flexibility index (Phi) is 5.03. The highest BCUT2D eigenvalue weighted by Gasteiger charge is 2.20. The van der Waals surface area contributed by atoms with Gasteiger partial charge in [-0.05, 0) is 18.2 Å². The van der Waals surface area contributed by atoms with Crippen molar-refractivity contribution < 1.29 is 9.59 Å². The molecule has 4 rings (SSSR count). The minimum Gasteiger partial charge on any atom is -0.396 e. The van der Waals surface area contributed by atoms with Gasteiger partial charge in [-0.2, -0.15) is 0 Å². The fourth-order valence-corrected chi connectivity index (χ4v) is 3.41. The van der Waals surface area contributed by atoms with Gasteiger partial charge in [-0.3, -0.25) is 14.0 Å². The minimum atomic E-state index is -0.751. The number of halogens is 2. The average Bonchev–Trinajstić information content (AvgIpc) is 3.16. The first kappa shape index (κ1) is 19.7. The second kappa shape index (κ2) is 7.66. The topological polar surface area (TPSA) is 128 Å². The highest BCUT2D eigenvalue weighted by molar-refractivity contribution is 6.39. The number of nitrogens with zero attached hydrogens (tertiary/aromatic N) is 3. The van der Waals surface area contributed by atoms with E-state index in [0.717, 1.165) is 5.56 Å². The molecule has 0 atom stereocenters. The van der Waals surface area contributed by atoms with E-state index in [2.05, 4.69) is 15.3 Å². The normalized spacial score (nSPS) is 10.9. The number of amides is 2. The van der Waals surface area contributed by atoms with Crippen LogP contribution in [-0.2, 0) is 0 Å². The maximum Gasteiger partial charge on any atom is 0.272 e. The van der Waals surface area contributed by atoms with Gasteiger partial charge in [-0.1, -0.05) is 53.5 Å². The maximum absolute atomic E-state index is 13.1. The number of aromatic nitrogens is 3. The highest BCUT2D eigenvalue weighted by Crippen LogP contribution is 2.31. The molecule has 0 radical (unpaired) electrons. The van der Waals surface area contributed by atoms with Crippen LogP contribution in [0.2, 0.25) is 10.0 Å². The molecule has 0 unspecified atom stereocenters. The van der Waals surface area contributed by atoms with Crippen molar-refractivity contribution >= 4 is 52.0 Å². The van der Waals surface area contributed by atoms with E-state index >= 15 is 0 Å². The number of hydrogen-bond donors (Lipinski definition) is 3. The smallest absolute Gasteiger partial charge is 0.272 e. The van der Waals surface area contributed by atoms with Crippen LogP contribution in [0.3, 0.4) is 0 Å². The molecule has 0 fully saturated rings. The molecule has 5 N–H and O–H groups in total. The third-order valence-corrected chi connectivity index (χ3v) is 5.00. The number of primary amides is 1. The molecule has 10 heteroatoms. The summed E-state index contributed by atoms with van der Waals surface area (Å²) in [5, 5.41) is 3.14. The maximum atomic E-state index is 13.1. The number of rotatable bonds is 4. The van der Waals surface area contributed by atoms with Crippen LogP contribution in [0.25, 0.3) is 16.9 Å². The fourth-order valence-electron chi connectivity index (χ4n) is 2.93. The predicted molar refractivity (Wildman–Crippen MR) is 116 cm³/mol. The molecule has 0 bridgehead atoms. The summed E-state index contributed by atoms with van der Waals surface area (Å²) in [6.07, 6.45) is 1.31. The van der Waals surface area contributed by atoms with Gasteiger partial charge in [0.1, 0.15) is 12.0 Å². The van der Waals surface area contributed by atoms with Crippen molar-refractivity contribution in [3.63, 3.8) is 0 Å². The minimum absolute atomic E-state index is 0.0413. The van der Waals surface area contributed by atoms with Crippen molar-refractivity contribution in [2.75, 3.05) is 11.1 Å². The zero-order chi connectivity index (χ0) is 21.4. The monoisotopic (exact) mass is 440 g/mol. The van der Waals surface area contributed by atoms with Gasteiger partial charge in [0.15, 0.2) is 11.3 Å². The Balaban J connectivity index is 1.85. The Morgan fingerprint density at radius 2 is 1.70 bits per heavy atom. The van der Waals surface area contributed by atoms with E-state index in [1.807, 2.05) is 30.3 Å². The molecule has 0 aliphatic rings. The number of fused-ring (bicyclic) bond motifs is 1. The lowest BCUT2D eigenvalue weighted by Gasteiger charge is -2.11. The number of imidazole rings is 1. The zero-order valence-corrected chi connectivity index (χ0v) is 16.8. The van der Waals surface area contributed by atoms with Crippen LogP contribution in [0.5, 0.6) is 0 Å².